The Hall–Kier alpha value is -1.42. The Balaban J connectivity index is 2.73. The minimum Gasteiger partial charge on any atom is -0.481 e. The zero-order valence-corrected chi connectivity index (χ0v) is 8.35. The quantitative estimate of drug-likeness (QED) is 0.626. The second kappa shape index (κ2) is 4.57. The monoisotopic (exact) mass is 174 g/mol. The van der Waals surface area contributed by atoms with E-state index in [1.165, 1.54) is 5.56 Å². The molecule has 0 N–H and O–H groups in total. The Morgan fingerprint density at radius 1 is 1.31 bits per heavy atom. The standard InChI is InChI=1S/C12H14O/c1-4-5-8-13-12-9-10(2)6-7-11(12)3/h6-7,9H,8H2,1-3H3. The molecule has 0 unspecified atom stereocenters. The van der Waals surface area contributed by atoms with Gasteiger partial charge in [-0.1, -0.05) is 18.1 Å². The number of rotatable bonds is 2. The van der Waals surface area contributed by atoms with E-state index in [0.717, 1.165) is 11.3 Å². The van der Waals surface area contributed by atoms with Crippen molar-refractivity contribution < 1.29 is 4.74 Å². The molecule has 0 amide bonds. The summed E-state index contributed by atoms with van der Waals surface area (Å²) in [6.45, 7) is 6.37. The van der Waals surface area contributed by atoms with E-state index in [-0.39, 0.29) is 0 Å². The van der Waals surface area contributed by atoms with Crippen molar-refractivity contribution in [1.29, 1.82) is 0 Å². The normalized spacial score (nSPS) is 8.85. The number of benzene rings is 1. The van der Waals surface area contributed by atoms with Crippen LogP contribution < -0.4 is 4.74 Å². The molecular weight excluding hydrogens is 160 g/mol. The Labute approximate surface area is 79.7 Å². The minimum atomic E-state index is 0.473. The molecule has 1 nitrogen and oxygen atoms in total. The van der Waals surface area contributed by atoms with Crippen LogP contribution in [0.5, 0.6) is 5.75 Å². The predicted molar refractivity (Wildman–Crippen MR) is 54.9 cm³/mol. The van der Waals surface area contributed by atoms with Crippen LogP contribution in [0.15, 0.2) is 18.2 Å². The van der Waals surface area contributed by atoms with E-state index < -0.39 is 0 Å². The molecule has 0 aliphatic heterocycles. The van der Waals surface area contributed by atoms with Gasteiger partial charge in [0.05, 0.1) is 0 Å². The van der Waals surface area contributed by atoms with Crippen LogP contribution in [0.2, 0.25) is 0 Å². The van der Waals surface area contributed by atoms with Gasteiger partial charge in [-0.3, -0.25) is 0 Å². The molecule has 0 aliphatic carbocycles. The third-order valence-electron chi connectivity index (χ3n) is 1.82. The first-order valence-corrected chi connectivity index (χ1v) is 4.33. The largest absolute Gasteiger partial charge is 0.481 e. The summed E-state index contributed by atoms with van der Waals surface area (Å²) in [5.41, 5.74) is 2.37. The maximum atomic E-state index is 5.48. The number of hydrogen-bond donors (Lipinski definition) is 0. The minimum absolute atomic E-state index is 0.473. The molecule has 13 heavy (non-hydrogen) atoms. The lowest BCUT2D eigenvalue weighted by Crippen LogP contribution is -1.96. The first-order valence-electron chi connectivity index (χ1n) is 4.33. The van der Waals surface area contributed by atoms with E-state index in [9.17, 15) is 0 Å². The second-order valence-electron chi connectivity index (χ2n) is 2.98. The van der Waals surface area contributed by atoms with Crippen LogP contribution in [0.25, 0.3) is 0 Å². The Kier molecular flexibility index (Phi) is 3.40. The lowest BCUT2D eigenvalue weighted by Gasteiger charge is -2.06. The molecule has 1 aromatic carbocycles. The fraction of sp³-hybridized carbons (Fsp3) is 0.333. The fourth-order valence-corrected chi connectivity index (χ4v) is 1.05. The van der Waals surface area contributed by atoms with E-state index in [4.69, 9.17) is 4.74 Å². The van der Waals surface area contributed by atoms with E-state index in [2.05, 4.69) is 30.9 Å². The summed E-state index contributed by atoms with van der Waals surface area (Å²) < 4.78 is 5.48. The highest BCUT2D eigenvalue weighted by atomic mass is 16.5. The van der Waals surface area contributed by atoms with E-state index in [0.29, 0.717) is 6.61 Å². The zero-order valence-electron chi connectivity index (χ0n) is 8.35. The molecule has 0 aliphatic rings. The van der Waals surface area contributed by atoms with Crippen LogP contribution in [0.1, 0.15) is 18.1 Å². The Morgan fingerprint density at radius 2 is 2.08 bits per heavy atom. The zero-order chi connectivity index (χ0) is 9.68. The fourth-order valence-electron chi connectivity index (χ4n) is 1.05. The molecule has 68 valence electrons. The number of aryl methyl sites for hydroxylation is 2. The van der Waals surface area contributed by atoms with Crippen molar-refractivity contribution in [3.05, 3.63) is 29.3 Å². The topological polar surface area (TPSA) is 9.23 Å². The molecule has 0 heterocycles. The average Bonchev–Trinajstić information content (AvgIpc) is 2.11. The van der Waals surface area contributed by atoms with Crippen molar-refractivity contribution in [2.45, 2.75) is 20.8 Å². The maximum absolute atomic E-state index is 5.48. The van der Waals surface area contributed by atoms with Gasteiger partial charge in [-0.15, -0.1) is 5.92 Å². The van der Waals surface area contributed by atoms with Crippen LogP contribution in [0.4, 0.5) is 0 Å². The van der Waals surface area contributed by atoms with Gasteiger partial charge in [-0.05, 0) is 38.0 Å². The maximum Gasteiger partial charge on any atom is 0.149 e. The molecule has 0 aromatic heterocycles. The molecule has 1 rings (SSSR count). The summed E-state index contributed by atoms with van der Waals surface area (Å²) in [6.07, 6.45) is 0. The molecule has 0 bridgehead atoms. The van der Waals surface area contributed by atoms with Crippen LogP contribution in [-0.4, -0.2) is 6.61 Å². The predicted octanol–water partition coefficient (Wildman–Crippen LogP) is 2.71. The first-order chi connectivity index (χ1) is 6.24. The van der Waals surface area contributed by atoms with Gasteiger partial charge in [0.15, 0.2) is 0 Å². The molecule has 1 heteroatoms. The summed E-state index contributed by atoms with van der Waals surface area (Å²) in [5, 5.41) is 0. The third-order valence-corrected chi connectivity index (χ3v) is 1.82. The van der Waals surface area contributed by atoms with E-state index in [1.807, 2.05) is 19.9 Å². The summed E-state index contributed by atoms with van der Waals surface area (Å²) in [6, 6.07) is 6.17. The Morgan fingerprint density at radius 3 is 2.77 bits per heavy atom. The van der Waals surface area contributed by atoms with Crippen molar-refractivity contribution in [3.8, 4) is 17.6 Å². The molecule has 0 saturated heterocycles. The molecule has 0 fully saturated rings. The lowest BCUT2D eigenvalue weighted by atomic mass is 10.1. The molecule has 1 aromatic rings. The van der Waals surface area contributed by atoms with Gasteiger partial charge < -0.3 is 4.74 Å². The van der Waals surface area contributed by atoms with Crippen LogP contribution in [-0.2, 0) is 0 Å². The second-order valence-corrected chi connectivity index (χ2v) is 2.98. The van der Waals surface area contributed by atoms with Crippen LogP contribution in [0.3, 0.4) is 0 Å². The summed E-state index contributed by atoms with van der Waals surface area (Å²) in [7, 11) is 0. The van der Waals surface area contributed by atoms with Gasteiger partial charge >= 0.3 is 0 Å². The molecule has 0 atom stereocenters. The summed E-state index contributed by atoms with van der Waals surface area (Å²) in [5.74, 6) is 6.60. The van der Waals surface area contributed by atoms with Gasteiger partial charge in [0, 0.05) is 0 Å². The number of ether oxygens (including phenoxy) is 1. The van der Waals surface area contributed by atoms with Gasteiger partial charge in [0.2, 0.25) is 0 Å². The van der Waals surface area contributed by atoms with Crippen molar-refractivity contribution in [1.82, 2.24) is 0 Å². The summed E-state index contributed by atoms with van der Waals surface area (Å²) >= 11 is 0. The van der Waals surface area contributed by atoms with Gasteiger partial charge in [-0.25, -0.2) is 0 Å². The first kappa shape index (κ1) is 9.67. The van der Waals surface area contributed by atoms with Crippen molar-refractivity contribution in [3.63, 3.8) is 0 Å². The van der Waals surface area contributed by atoms with Crippen LogP contribution in [0, 0.1) is 25.7 Å². The molecule has 0 spiro atoms. The van der Waals surface area contributed by atoms with Crippen LogP contribution >= 0.6 is 0 Å². The van der Waals surface area contributed by atoms with Crippen molar-refractivity contribution >= 4 is 0 Å². The SMILES string of the molecule is CC#CCOc1cc(C)ccc1C. The Bertz CT molecular complexity index is 342. The average molecular weight is 174 g/mol. The van der Waals surface area contributed by atoms with Gasteiger partial charge in [-0.2, -0.15) is 0 Å². The molecular formula is C12H14O. The van der Waals surface area contributed by atoms with Crippen molar-refractivity contribution in [2.24, 2.45) is 0 Å². The lowest BCUT2D eigenvalue weighted by molar-refractivity contribution is 0.367. The highest BCUT2D eigenvalue weighted by molar-refractivity contribution is 5.36. The van der Waals surface area contributed by atoms with E-state index in [1.54, 1.807) is 0 Å². The molecule has 0 saturated carbocycles. The van der Waals surface area contributed by atoms with Crippen molar-refractivity contribution in [2.75, 3.05) is 6.61 Å². The van der Waals surface area contributed by atoms with Gasteiger partial charge in [0.1, 0.15) is 12.4 Å². The smallest absolute Gasteiger partial charge is 0.149 e. The highest BCUT2D eigenvalue weighted by Gasteiger charge is 1.97. The van der Waals surface area contributed by atoms with E-state index >= 15 is 0 Å². The van der Waals surface area contributed by atoms with Gasteiger partial charge in [0.25, 0.3) is 0 Å². The third kappa shape index (κ3) is 2.83. The highest BCUT2D eigenvalue weighted by Crippen LogP contribution is 2.18. The summed E-state index contributed by atoms with van der Waals surface area (Å²) in [4.78, 5) is 0. The number of hydrogen-bond acceptors (Lipinski definition) is 1. The molecule has 0 radical (unpaired) electrons.